The Bertz CT molecular complexity index is 176. The second kappa shape index (κ2) is 10.8. The highest BCUT2D eigenvalue weighted by molar-refractivity contribution is 4.76. The molecule has 0 bridgehead atoms. The predicted molar refractivity (Wildman–Crippen MR) is 77.3 cm³/mol. The fourth-order valence-electron chi connectivity index (χ4n) is 2.05. The second-order valence-electron chi connectivity index (χ2n) is 5.75. The molecule has 0 heterocycles. The van der Waals surface area contributed by atoms with Gasteiger partial charge in [0, 0.05) is 0 Å². The Balaban J connectivity index is 3.04. The highest BCUT2D eigenvalue weighted by atomic mass is 16.3. The molecule has 0 aromatic heterocycles. The zero-order valence-corrected chi connectivity index (χ0v) is 12.2. The lowest BCUT2D eigenvalue weighted by Gasteiger charge is -2.16. The van der Waals surface area contributed by atoms with Crippen LogP contribution in [0.5, 0.6) is 0 Å². The van der Waals surface area contributed by atoms with Crippen molar-refractivity contribution in [3.8, 4) is 0 Å². The van der Waals surface area contributed by atoms with Gasteiger partial charge in [-0.05, 0) is 40.0 Å². The Morgan fingerprint density at radius 3 is 1.76 bits per heavy atom. The zero-order valence-electron chi connectivity index (χ0n) is 12.2. The average Bonchev–Trinajstić information content (AvgIpc) is 2.24. The standard InChI is InChI=1S/C16H32O/c1-4-5-6-7-8-9-10-11-12-13-14-15-16(2,3)17/h4-5,17H,6-15H2,1-3H3. The van der Waals surface area contributed by atoms with Crippen LogP contribution in [0.3, 0.4) is 0 Å². The summed E-state index contributed by atoms with van der Waals surface area (Å²) in [6.07, 6.45) is 17.3. The summed E-state index contributed by atoms with van der Waals surface area (Å²) in [7, 11) is 0. The molecule has 0 aliphatic rings. The minimum atomic E-state index is -0.465. The maximum Gasteiger partial charge on any atom is 0.0591 e. The Morgan fingerprint density at radius 1 is 0.824 bits per heavy atom. The van der Waals surface area contributed by atoms with Crippen molar-refractivity contribution in [1.29, 1.82) is 0 Å². The van der Waals surface area contributed by atoms with Gasteiger partial charge in [0.2, 0.25) is 0 Å². The summed E-state index contributed by atoms with van der Waals surface area (Å²) >= 11 is 0. The van der Waals surface area contributed by atoms with Crippen LogP contribution in [0.15, 0.2) is 12.2 Å². The Kier molecular flexibility index (Phi) is 10.6. The summed E-state index contributed by atoms with van der Waals surface area (Å²) in [5.74, 6) is 0. The molecule has 0 rings (SSSR count). The first kappa shape index (κ1) is 16.7. The summed E-state index contributed by atoms with van der Waals surface area (Å²) in [6, 6.07) is 0. The molecule has 0 spiro atoms. The largest absolute Gasteiger partial charge is 0.390 e. The SMILES string of the molecule is CC=CCCCCCCCCCCC(C)(C)O. The van der Waals surface area contributed by atoms with Crippen LogP contribution in [0.1, 0.15) is 85.0 Å². The van der Waals surface area contributed by atoms with Gasteiger partial charge in [0.25, 0.3) is 0 Å². The Hall–Kier alpha value is -0.300. The van der Waals surface area contributed by atoms with E-state index >= 15 is 0 Å². The van der Waals surface area contributed by atoms with Crippen molar-refractivity contribution in [2.75, 3.05) is 0 Å². The third-order valence-corrected chi connectivity index (χ3v) is 3.15. The van der Waals surface area contributed by atoms with E-state index in [4.69, 9.17) is 0 Å². The van der Waals surface area contributed by atoms with Gasteiger partial charge >= 0.3 is 0 Å². The van der Waals surface area contributed by atoms with Crippen molar-refractivity contribution in [1.82, 2.24) is 0 Å². The van der Waals surface area contributed by atoms with Crippen molar-refractivity contribution >= 4 is 0 Å². The smallest absolute Gasteiger partial charge is 0.0591 e. The first-order valence-corrected chi connectivity index (χ1v) is 7.40. The van der Waals surface area contributed by atoms with Crippen LogP contribution < -0.4 is 0 Å². The Morgan fingerprint density at radius 2 is 1.29 bits per heavy atom. The molecule has 0 atom stereocenters. The number of unbranched alkanes of at least 4 members (excludes halogenated alkanes) is 8. The molecule has 0 amide bonds. The van der Waals surface area contributed by atoms with Gasteiger partial charge in [0.15, 0.2) is 0 Å². The fraction of sp³-hybridized carbons (Fsp3) is 0.875. The van der Waals surface area contributed by atoms with E-state index in [1.165, 1.54) is 57.8 Å². The number of aliphatic hydroxyl groups is 1. The van der Waals surface area contributed by atoms with Gasteiger partial charge in [-0.15, -0.1) is 0 Å². The van der Waals surface area contributed by atoms with Crippen LogP contribution in [0.25, 0.3) is 0 Å². The van der Waals surface area contributed by atoms with E-state index < -0.39 is 5.60 Å². The lowest BCUT2D eigenvalue weighted by atomic mass is 9.99. The molecule has 17 heavy (non-hydrogen) atoms. The minimum Gasteiger partial charge on any atom is -0.390 e. The van der Waals surface area contributed by atoms with Crippen LogP contribution >= 0.6 is 0 Å². The quantitative estimate of drug-likeness (QED) is 0.387. The second-order valence-corrected chi connectivity index (χ2v) is 5.75. The monoisotopic (exact) mass is 240 g/mol. The first-order valence-electron chi connectivity index (χ1n) is 7.40. The molecular formula is C16H32O. The lowest BCUT2D eigenvalue weighted by Crippen LogP contribution is -2.17. The van der Waals surface area contributed by atoms with Crippen LogP contribution in [-0.2, 0) is 0 Å². The molecule has 1 nitrogen and oxygen atoms in total. The molecule has 0 aliphatic heterocycles. The number of hydrogen-bond donors (Lipinski definition) is 1. The molecule has 0 saturated carbocycles. The van der Waals surface area contributed by atoms with Crippen LogP contribution in [0.2, 0.25) is 0 Å². The minimum absolute atomic E-state index is 0.465. The van der Waals surface area contributed by atoms with Crippen LogP contribution in [0, 0.1) is 0 Å². The highest BCUT2D eigenvalue weighted by Crippen LogP contribution is 2.15. The van der Waals surface area contributed by atoms with E-state index in [1.54, 1.807) is 0 Å². The van der Waals surface area contributed by atoms with E-state index in [0.717, 1.165) is 6.42 Å². The van der Waals surface area contributed by atoms with Crippen LogP contribution in [-0.4, -0.2) is 10.7 Å². The molecular weight excluding hydrogens is 208 g/mol. The van der Waals surface area contributed by atoms with E-state index in [2.05, 4.69) is 19.1 Å². The van der Waals surface area contributed by atoms with E-state index in [9.17, 15) is 5.11 Å². The van der Waals surface area contributed by atoms with Crippen molar-refractivity contribution in [2.45, 2.75) is 90.6 Å². The summed E-state index contributed by atoms with van der Waals surface area (Å²) in [5, 5.41) is 9.56. The van der Waals surface area contributed by atoms with Crippen molar-refractivity contribution in [2.24, 2.45) is 0 Å². The first-order chi connectivity index (χ1) is 8.06. The molecule has 0 fully saturated rings. The third kappa shape index (κ3) is 15.7. The van der Waals surface area contributed by atoms with E-state index in [0.29, 0.717) is 0 Å². The molecule has 0 aromatic carbocycles. The molecule has 102 valence electrons. The zero-order chi connectivity index (χ0) is 13.0. The number of hydrogen-bond acceptors (Lipinski definition) is 1. The van der Waals surface area contributed by atoms with E-state index in [-0.39, 0.29) is 0 Å². The maximum absolute atomic E-state index is 9.56. The summed E-state index contributed by atoms with van der Waals surface area (Å²) in [5.41, 5.74) is -0.465. The molecule has 1 heteroatoms. The number of rotatable bonds is 11. The van der Waals surface area contributed by atoms with Crippen LogP contribution in [0.4, 0.5) is 0 Å². The van der Waals surface area contributed by atoms with Gasteiger partial charge in [-0.1, -0.05) is 57.1 Å². The third-order valence-electron chi connectivity index (χ3n) is 3.15. The van der Waals surface area contributed by atoms with Gasteiger partial charge in [-0.3, -0.25) is 0 Å². The molecule has 1 N–H and O–H groups in total. The van der Waals surface area contributed by atoms with Crippen molar-refractivity contribution in [3.05, 3.63) is 12.2 Å². The normalized spacial score (nSPS) is 12.5. The number of allylic oxidation sites excluding steroid dienone is 2. The summed E-state index contributed by atoms with van der Waals surface area (Å²) in [4.78, 5) is 0. The average molecular weight is 240 g/mol. The van der Waals surface area contributed by atoms with Gasteiger partial charge in [-0.2, -0.15) is 0 Å². The van der Waals surface area contributed by atoms with E-state index in [1.807, 2.05) is 13.8 Å². The fourth-order valence-corrected chi connectivity index (χ4v) is 2.05. The van der Waals surface area contributed by atoms with Gasteiger partial charge in [0.05, 0.1) is 5.60 Å². The Labute approximate surface area is 108 Å². The van der Waals surface area contributed by atoms with Gasteiger partial charge < -0.3 is 5.11 Å². The lowest BCUT2D eigenvalue weighted by molar-refractivity contribution is 0.0680. The highest BCUT2D eigenvalue weighted by Gasteiger charge is 2.10. The summed E-state index contributed by atoms with van der Waals surface area (Å²) < 4.78 is 0. The van der Waals surface area contributed by atoms with Gasteiger partial charge in [-0.25, -0.2) is 0 Å². The van der Waals surface area contributed by atoms with Gasteiger partial charge in [0.1, 0.15) is 0 Å². The maximum atomic E-state index is 9.56. The summed E-state index contributed by atoms with van der Waals surface area (Å²) in [6.45, 7) is 5.89. The molecule has 0 unspecified atom stereocenters. The molecule has 0 aliphatic carbocycles. The van der Waals surface area contributed by atoms with Crippen molar-refractivity contribution in [3.63, 3.8) is 0 Å². The van der Waals surface area contributed by atoms with Crippen molar-refractivity contribution < 1.29 is 5.11 Å². The molecule has 0 saturated heterocycles. The predicted octanol–water partition coefficient (Wildman–Crippen LogP) is 5.23. The topological polar surface area (TPSA) is 20.2 Å². The molecule has 0 aromatic rings. The molecule has 0 radical (unpaired) electrons.